The first-order chi connectivity index (χ1) is 7.16. The third-order valence-electron chi connectivity index (χ3n) is 2.69. The van der Waals surface area contributed by atoms with Crippen LogP contribution >= 0.6 is 0 Å². The number of amides is 1. The molecule has 1 aromatic carbocycles. The number of rotatable bonds is 2. The Morgan fingerprint density at radius 3 is 2.67 bits per heavy atom. The van der Waals surface area contributed by atoms with Crippen molar-refractivity contribution in [3.05, 3.63) is 29.8 Å². The molecule has 1 aliphatic rings. The van der Waals surface area contributed by atoms with E-state index in [0.717, 1.165) is 12.1 Å². The minimum atomic E-state index is -0.240. The van der Waals surface area contributed by atoms with Gasteiger partial charge >= 0.3 is 6.09 Å². The molecule has 2 rings (SSSR count). The van der Waals surface area contributed by atoms with E-state index in [1.165, 1.54) is 5.56 Å². The van der Waals surface area contributed by atoms with Gasteiger partial charge in [-0.2, -0.15) is 0 Å². The van der Waals surface area contributed by atoms with Gasteiger partial charge in [0.05, 0.1) is 6.04 Å². The van der Waals surface area contributed by atoms with Crippen molar-refractivity contribution in [2.75, 3.05) is 19.4 Å². The Hall–Kier alpha value is -1.71. The summed E-state index contributed by atoms with van der Waals surface area (Å²) in [6, 6.07) is 7.83. The second-order valence-electron chi connectivity index (χ2n) is 3.79. The van der Waals surface area contributed by atoms with E-state index in [1.807, 2.05) is 24.3 Å². The van der Waals surface area contributed by atoms with Crippen molar-refractivity contribution in [3.63, 3.8) is 0 Å². The Labute approximate surface area is 88.6 Å². The molecule has 0 radical (unpaired) electrons. The molecule has 2 N–H and O–H groups in total. The summed E-state index contributed by atoms with van der Waals surface area (Å²) in [5, 5.41) is 0. The highest BCUT2D eigenvalue weighted by atomic mass is 16.6. The summed E-state index contributed by atoms with van der Waals surface area (Å²) in [6.45, 7) is 0.472. The predicted molar refractivity (Wildman–Crippen MR) is 57.5 cm³/mol. The molecule has 1 aromatic rings. The second-order valence-corrected chi connectivity index (χ2v) is 3.79. The van der Waals surface area contributed by atoms with Crippen molar-refractivity contribution in [2.24, 2.45) is 0 Å². The van der Waals surface area contributed by atoms with Gasteiger partial charge in [0, 0.05) is 12.7 Å². The number of likely N-dealkylation sites (N-methyl/N-ethyl adjacent to an activating group) is 1. The van der Waals surface area contributed by atoms with Gasteiger partial charge in [0.25, 0.3) is 0 Å². The minimum absolute atomic E-state index is 0.140. The molecule has 1 atom stereocenters. The molecular weight excluding hydrogens is 192 g/mol. The molecule has 1 aliphatic heterocycles. The number of cyclic esters (lactones) is 1. The predicted octanol–water partition coefficient (Wildman–Crippen LogP) is 1.26. The number of hydrogen-bond acceptors (Lipinski definition) is 3. The van der Waals surface area contributed by atoms with Crippen molar-refractivity contribution in [3.8, 4) is 0 Å². The van der Waals surface area contributed by atoms with Crippen LogP contribution < -0.4 is 5.73 Å². The fraction of sp³-hybridized carbons (Fsp3) is 0.364. The van der Waals surface area contributed by atoms with Crippen LogP contribution in [0.3, 0.4) is 0 Å². The van der Waals surface area contributed by atoms with Gasteiger partial charge in [0.1, 0.15) is 6.61 Å². The number of anilines is 1. The van der Waals surface area contributed by atoms with Crippen molar-refractivity contribution in [1.29, 1.82) is 0 Å². The molecule has 1 fully saturated rings. The summed E-state index contributed by atoms with van der Waals surface area (Å²) in [7, 11) is 1.76. The molecule has 0 unspecified atom stereocenters. The number of nitrogen functional groups attached to an aromatic ring is 1. The van der Waals surface area contributed by atoms with Crippen LogP contribution in [0.4, 0.5) is 10.5 Å². The Morgan fingerprint density at radius 1 is 1.47 bits per heavy atom. The minimum Gasteiger partial charge on any atom is -0.447 e. The molecule has 1 amide bonds. The van der Waals surface area contributed by atoms with Gasteiger partial charge in [-0.1, -0.05) is 12.1 Å². The smallest absolute Gasteiger partial charge is 0.409 e. The lowest BCUT2D eigenvalue weighted by atomic mass is 10.1. The Morgan fingerprint density at radius 2 is 2.13 bits per heavy atom. The highest BCUT2D eigenvalue weighted by Crippen LogP contribution is 2.15. The number of hydrogen-bond donors (Lipinski definition) is 1. The van der Waals surface area contributed by atoms with Crippen LogP contribution in [0.2, 0.25) is 0 Å². The monoisotopic (exact) mass is 206 g/mol. The van der Waals surface area contributed by atoms with E-state index in [2.05, 4.69) is 0 Å². The Balaban J connectivity index is 2.03. The van der Waals surface area contributed by atoms with Gasteiger partial charge in [0.2, 0.25) is 0 Å². The Bertz CT molecular complexity index is 361. The summed E-state index contributed by atoms with van der Waals surface area (Å²) in [6.07, 6.45) is 0.568. The van der Waals surface area contributed by atoms with E-state index >= 15 is 0 Å². The Kier molecular flexibility index (Phi) is 2.49. The third kappa shape index (κ3) is 2.03. The van der Waals surface area contributed by atoms with Gasteiger partial charge in [-0.25, -0.2) is 4.79 Å². The van der Waals surface area contributed by atoms with E-state index < -0.39 is 0 Å². The lowest BCUT2D eigenvalue weighted by molar-refractivity contribution is 0.163. The van der Waals surface area contributed by atoms with Gasteiger partial charge < -0.3 is 15.4 Å². The summed E-state index contributed by atoms with van der Waals surface area (Å²) in [4.78, 5) is 12.7. The molecule has 0 aliphatic carbocycles. The van der Waals surface area contributed by atoms with Gasteiger partial charge in [0.15, 0.2) is 0 Å². The second kappa shape index (κ2) is 3.81. The van der Waals surface area contributed by atoms with Gasteiger partial charge in [-0.15, -0.1) is 0 Å². The molecular formula is C11H14N2O2. The average Bonchev–Trinajstić information content (AvgIpc) is 2.53. The quantitative estimate of drug-likeness (QED) is 0.741. The zero-order valence-corrected chi connectivity index (χ0v) is 8.64. The fourth-order valence-electron chi connectivity index (χ4n) is 1.65. The lowest BCUT2D eigenvalue weighted by Crippen LogP contribution is -2.30. The van der Waals surface area contributed by atoms with Gasteiger partial charge in [-0.3, -0.25) is 0 Å². The van der Waals surface area contributed by atoms with Crippen molar-refractivity contribution in [2.45, 2.75) is 12.5 Å². The number of ether oxygens (including phenoxy) is 1. The largest absolute Gasteiger partial charge is 0.447 e. The molecule has 4 heteroatoms. The maximum Gasteiger partial charge on any atom is 0.409 e. The van der Waals surface area contributed by atoms with E-state index in [1.54, 1.807) is 11.9 Å². The molecule has 1 saturated heterocycles. The van der Waals surface area contributed by atoms with Crippen LogP contribution in [-0.2, 0) is 11.2 Å². The first-order valence-corrected chi connectivity index (χ1v) is 4.91. The first-order valence-electron chi connectivity index (χ1n) is 4.91. The van der Waals surface area contributed by atoms with E-state index in [4.69, 9.17) is 10.5 Å². The van der Waals surface area contributed by atoms with E-state index in [0.29, 0.717) is 6.61 Å². The zero-order valence-electron chi connectivity index (χ0n) is 8.64. The third-order valence-corrected chi connectivity index (χ3v) is 2.69. The van der Waals surface area contributed by atoms with E-state index in [9.17, 15) is 4.79 Å². The van der Waals surface area contributed by atoms with Gasteiger partial charge in [-0.05, 0) is 24.1 Å². The molecule has 0 spiro atoms. The highest BCUT2D eigenvalue weighted by Gasteiger charge is 2.29. The van der Waals surface area contributed by atoms with Crippen LogP contribution in [0, 0.1) is 0 Å². The summed E-state index contributed by atoms with van der Waals surface area (Å²) in [5.74, 6) is 0. The fourth-order valence-corrected chi connectivity index (χ4v) is 1.65. The number of benzene rings is 1. The van der Waals surface area contributed by atoms with Crippen molar-refractivity contribution in [1.82, 2.24) is 4.90 Å². The average molecular weight is 206 g/mol. The van der Waals surface area contributed by atoms with E-state index in [-0.39, 0.29) is 12.1 Å². The van der Waals surface area contributed by atoms with Crippen molar-refractivity contribution >= 4 is 11.8 Å². The molecule has 80 valence electrons. The molecule has 0 saturated carbocycles. The number of carbonyl (C=O) groups is 1. The van der Waals surface area contributed by atoms with Crippen LogP contribution in [0.15, 0.2) is 24.3 Å². The molecule has 1 heterocycles. The summed E-state index contributed by atoms with van der Waals surface area (Å²) in [5.41, 5.74) is 7.52. The summed E-state index contributed by atoms with van der Waals surface area (Å²) < 4.78 is 4.94. The highest BCUT2D eigenvalue weighted by molar-refractivity contribution is 5.69. The van der Waals surface area contributed by atoms with Crippen molar-refractivity contribution < 1.29 is 9.53 Å². The maximum absolute atomic E-state index is 11.1. The standard InChI is InChI=1S/C11H14N2O2/c1-13-10(7-15-11(13)14)6-8-2-4-9(12)5-3-8/h2-5,10H,6-7,12H2,1H3/t10-/m1/s1. The maximum atomic E-state index is 11.1. The van der Waals surface area contributed by atoms with Crippen LogP contribution in [0.25, 0.3) is 0 Å². The number of nitrogens with zero attached hydrogens (tertiary/aromatic N) is 1. The topological polar surface area (TPSA) is 55.6 Å². The van der Waals surface area contributed by atoms with Crippen LogP contribution in [0.1, 0.15) is 5.56 Å². The molecule has 0 aromatic heterocycles. The first kappa shape index (κ1) is 9.83. The lowest BCUT2D eigenvalue weighted by Gasteiger charge is -2.15. The molecule has 0 bridgehead atoms. The zero-order chi connectivity index (χ0) is 10.8. The normalized spacial score (nSPS) is 20.5. The van der Waals surface area contributed by atoms with Crippen LogP contribution in [-0.4, -0.2) is 30.7 Å². The summed E-state index contributed by atoms with van der Waals surface area (Å²) >= 11 is 0. The van der Waals surface area contributed by atoms with Crippen LogP contribution in [0.5, 0.6) is 0 Å². The number of nitrogens with two attached hydrogens (primary N) is 1. The molecule has 15 heavy (non-hydrogen) atoms. The SMILES string of the molecule is CN1C(=O)OC[C@H]1Cc1ccc(N)cc1. The number of carbonyl (C=O) groups excluding carboxylic acids is 1. The molecule has 4 nitrogen and oxygen atoms in total.